The molecule has 1 aliphatic heterocycles. The van der Waals surface area contributed by atoms with Gasteiger partial charge in [0.1, 0.15) is 24.0 Å². The van der Waals surface area contributed by atoms with Crippen LogP contribution >= 0.6 is 0 Å². The molecule has 2 heterocycles. The maximum Gasteiger partial charge on any atom is 0.416 e. The van der Waals surface area contributed by atoms with E-state index in [1.165, 1.54) is 12.1 Å². The first-order chi connectivity index (χ1) is 13.5. The molecule has 0 unspecified atom stereocenters. The molecule has 142 valence electrons. The predicted octanol–water partition coefficient (Wildman–Crippen LogP) is 5.02. The van der Waals surface area contributed by atoms with Crippen LogP contribution in [0.2, 0.25) is 0 Å². The third-order valence-corrected chi connectivity index (χ3v) is 4.31. The summed E-state index contributed by atoms with van der Waals surface area (Å²) in [6.07, 6.45) is -2.68. The number of rotatable bonds is 2. The third kappa shape index (κ3) is 3.83. The van der Waals surface area contributed by atoms with E-state index in [0.717, 1.165) is 23.3 Å². The lowest BCUT2D eigenvalue weighted by Crippen LogP contribution is -2.15. The normalized spacial score (nSPS) is 13.8. The van der Waals surface area contributed by atoms with Crippen LogP contribution in [-0.4, -0.2) is 24.0 Å². The Bertz CT molecular complexity index is 1000. The molecule has 2 aromatic carbocycles. The van der Waals surface area contributed by atoms with Crippen LogP contribution in [-0.2, 0) is 6.18 Å². The van der Waals surface area contributed by atoms with Gasteiger partial charge in [0.05, 0.1) is 17.7 Å². The number of nitrogens with zero attached hydrogens (tertiary/aromatic N) is 2. The zero-order valence-electron chi connectivity index (χ0n) is 14.7. The first-order valence-corrected chi connectivity index (χ1v) is 8.68. The molecule has 0 bridgehead atoms. The summed E-state index contributed by atoms with van der Waals surface area (Å²) in [6.45, 7) is 0.930. The molecule has 1 N–H and O–H groups in total. The standard InChI is InChI=1S/C21H16F3N3O/c22-21(23,24)16-7-4-14(5-8-16)15-6-9-18-17(13-15)20(26-11-12-28-18)27-19-3-1-2-10-25-19/h1-10,13H,11-12H2,(H,25,26,27). The van der Waals surface area contributed by atoms with Crippen LogP contribution in [0, 0.1) is 0 Å². The Morgan fingerprint density at radius 3 is 2.43 bits per heavy atom. The van der Waals surface area contributed by atoms with Crippen LogP contribution in [0.1, 0.15) is 11.1 Å². The van der Waals surface area contributed by atoms with Gasteiger partial charge in [-0.2, -0.15) is 13.2 Å². The van der Waals surface area contributed by atoms with Crippen molar-refractivity contribution >= 4 is 11.7 Å². The molecule has 0 atom stereocenters. The molecule has 0 amide bonds. The number of hydrogen-bond donors (Lipinski definition) is 1. The van der Waals surface area contributed by atoms with Gasteiger partial charge in [0.2, 0.25) is 0 Å². The summed E-state index contributed by atoms with van der Waals surface area (Å²) in [7, 11) is 0. The van der Waals surface area contributed by atoms with Gasteiger partial charge in [-0.1, -0.05) is 24.3 Å². The molecular weight excluding hydrogens is 367 g/mol. The topological polar surface area (TPSA) is 46.5 Å². The number of amidine groups is 1. The SMILES string of the molecule is FC(F)(F)c1ccc(-c2ccc3c(c2)C(Nc2ccccn2)=NCCO3)cc1. The van der Waals surface area contributed by atoms with Gasteiger partial charge in [-0.25, -0.2) is 4.98 Å². The summed E-state index contributed by atoms with van der Waals surface area (Å²) in [4.78, 5) is 8.78. The number of aliphatic imine (C=N–C) groups is 1. The Balaban J connectivity index is 1.69. The van der Waals surface area contributed by atoms with Gasteiger partial charge in [0.25, 0.3) is 0 Å². The van der Waals surface area contributed by atoms with Crippen LogP contribution in [0.3, 0.4) is 0 Å². The van der Waals surface area contributed by atoms with Crippen LogP contribution in [0.4, 0.5) is 19.0 Å². The minimum atomic E-state index is -4.35. The monoisotopic (exact) mass is 383 g/mol. The number of anilines is 1. The van der Waals surface area contributed by atoms with Crippen LogP contribution in [0.15, 0.2) is 71.9 Å². The Kier molecular flexibility index (Phi) is 4.73. The summed E-state index contributed by atoms with van der Waals surface area (Å²) in [6, 6.07) is 16.1. The molecule has 1 aliphatic rings. The van der Waals surface area contributed by atoms with Gasteiger partial charge < -0.3 is 10.1 Å². The molecule has 0 saturated heterocycles. The number of ether oxygens (including phenoxy) is 1. The highest BCUT2D eigenvalue weighted by Gasteiger charge is 2.30. The molecule has 0 aliphatic carbocycles. The van der Waals surface area contributed by atoms with E-state index in [4.69, 9.17) is 4.74 Å². The number of alkyl halides is 3. The Labute approximate surface area is 159 Å². The number of nitrogens with one attached hydrogen (secondary N) is 1. The molecule has 4 nitrogen and oxygen atoms in total. The quantitative estimate of drug-likeness (QED) is 0.676. The maximum atomic E-state index is 12.8. The number of benzene rings is 2. The molecule has 0 spiro atoms. The van der Waals surface area contributed by atoms with E-state index in [2.05, 4.69) is 15.3 Å². The number of aromatic nitrogens is 1. The lowest BCUT2D eigenvalue weighted by Gasteiger charge is -2.13. The summed E-state index contributed by atoms with van der Waals surface area (Å²) in [5.74, 6) is 1.92. The maximum absolute atomic E-state index is 12.8. The second kappa shape index (κ2) is 7.34. The molecule has 4 rings (SSSR count). The van der Waals surface area contributed by atoms with Crippen molar-refractivity contribution in [3.63, 3.8) is 0 Å². The van der Waals surface area contributed by atoms with Gasteiger partial charge in [0, 0.05) is 6.20 Å². The highest BCUT2D eigenvalue weighted by molar-refractivity contribution is 6.10. The van der Waals surface area contributed by atoms with E-state index < -0.39 is 11.7 Å². The smallest absolute Gasteiger partial charge is 0.416 e. The van der Waals surface area contributed by atoms with Crippen LogP contribution < -0.4 is 10.1 Å². The summed E-state index contributed by atoms with van der Waals surface area (Å²) >= 11 is 0. The lowest BCUT2D eigenvalue weighted by molar-refractivity contribution is -0.137. The number of hydrogen-bond acceptors (Lipinski definition) is 4. The van der Waals surface area contributed by atoms with Crippen LogP contribution in [0.5, 0.6) is 5.75 Å². The van der Waals surface area contributed by atoms with E-state index in [1.54, 1.807) is 6.20 Å². The van der Waals surface area contributed by atoms with E-state index in [-0.39, 0.29) is 0 Å². The molecule has 3 aromatic rings. The van der Waals surface area contributed by atoms with Crippen molar-refractivity contribution in [2.24, 2.45) is 4.99 Å². The fourth-order valence-corrected chi connectivity index (χ4v) is 2.94. The first-order valence-electron chi connectivity index (χ1n) is 8.68. The highest BCUT2D eigenvalue weighted by atomic mass is 19.4. The zero-order chi connectivity index (χ0) is 19.6. The van der Waals surface area contributed by atoms with E-state index in [9.17, 15) is 13.2 Å². The Hall–Kier alpha value is -3.35. The van der Waals surface area contributed by atoms with Gasteiger partial charge >= 0.3 is 6.18 Å². The minimum Gasteiger partial charge on any atom is -0.491 e. The van der Waals surface area contributed by atoms with Crippen molar-refractivity contribution in [3.05, 3.63) is 78.0 Å². The van der Waals surface area contributed by atoms with Crippen molar-refractivity contribution in [1.82, 2.24) is 4.98 Å². The van der Waals surface area contributed by atoms with E-state index in [1.807, 2.05) is 36.4 Å². The molecular formula is C21H16F3N3O. The molecule has 0 fully saturated rings. The second-order valence-electron chi connectivity index (χ2n) is 6.20. The summed E-state index contributed by atoms with van der Waals surface area (Å²) < 4.78 is 44.2. The summed E-state index contributed by atoms with van der Waals surface area (Å²) in [5.41, 5.74) is 1.51. The van der Waals surface area contributed by atoms with Crippen molar-refractivity contribution in [2.75, 3.05) is 18.5 Å². The summed E-state index contributed by atoms with van der Waals surface area (Å²) in [5, 5.41) is 3.19. The fourth-order valence-electron chi connectivity index (χ4n) is 2.94. The minimum absolute atomic E-state index is 0.444. The van der Waals surface area contributed by atoms with E-state index >= 15 is 0 Å². The molecule has 7 heteroatoms. The molecule has 1 aromatic heterocycles. The van der Waals surface area contributed by atoms with E-state index in [0.29, 0.717) is 36.1 Å². The average Bonchev–Trinajstić information content (AvgIpc) is 2.90. The fraction of sp³-hybridized carbons (Fsp3) is 0.143. The van der Waals surface area contributed by atoms with Crippen molar-refractivity contribution in [3.8, 4) is 16.9 Å². The molecule has 28 heavy (non-hydrogen) atoms. The molecule has 0 radical (unpaired) electrons. The van der Waals surface area contributed by atoms with Gasteiger partial charge in [-0.15, -0.1) is 0 Å². The van der Waals surface area contributed by atoms with Crippen molar-refractivity contribution in [1.29, 1.82) is 0 Å². The predicted molar refractivity (Wildman–Crippen MR) is 102 cm³/mol. The highest BCUT2D eigenvalue weighted by Crippen LogP contribution is 2.33. The van der Waals surface area contributed by atoms with Gasteiger partial charge in [-0.3, -0.25) is 4.99 Å². The number of fused-ring (bicyclic) bond motifs is 1. The third-order valence-electron chi connectivity index (χ3n) is 4.31. The molecule has 0 saturated carbocycles. The Morgan fingerprint density at radius 1 is 0.929 bits per heavy atom. The largest absolute Gasteiger partial charge is 0.491 e. The second-order valence-corrected chi connectivity index (χ2v) is 6.20. The van der Waals surface area contributed by atoms with Crippen molar-refractivity contribution < 1.29 is 17.9 Å². The first kappa shape index (κ1) is 18.0. The van der Waals surface area contributed by atoms with Gasteiger partial charge in [-0.05, 0) is 47.5 Å². The Morgan fingerprint density at radius 2 is 1.71 bits per heavy atom. The van der Waals surface area contributed by atoms with Gasteiger partial charge in [0.15, 0.2) is 0 Å². The number of halogens is 3. The van der Waals surface area contributed by atoms with Crippen LogP contribution in [0.25, 0.3) is 11.1 Å². The average molecular weight is 383 g/mol. The van der Waals surface area contributed by atoms with Crippen molar-refractivity contribution in [2.45, 2.75) is 6.18 Å². The number of pyridine rings is 1. The lowest BCUT2D eigenvalue weighted by atomic mass is 10.0. The zero-order valence-corrected chi connectivity index (χ0v) is 14.7.